The fourth-order valence-corrected chi connectivity index (χ4v) is 4.12. The maximum absolute atomic E-state index is 11.7. The first-order valence-electron chi connectivity index (χ1n) is 9.29. The van der Waals surface area contributed by atoms with Crippen molar-refractivity contribution >= 4 is 22.3 Å². The average Bonchev–Trinajstić information content (AvgIpc) is 2.71. The van der Waals surface area contributed by atoms with Crippen LogP contribution in [0, 0.1) is 19.3 Å². The summed E-state index contributed by atoms with van der Waals surface area (Å²) < 4.78 is 11.7. The van der Waals surface area contributed by atoms with Crippen LogP contribution in [-0.4, -0.2) is 9.92 Å². The zero-order valence-corrected chi connectivity index (χ0v) is 17.6. The maximum atomic E-state index is 11.7. The molecule has 148 valence electrons. The molecule has 5 heteroatoms. The minimum Gasteiger partial charge on any atom is -0.402 e. The molecule has 4 nitrogen and oxygen atoms in total. The quantitative estimate of drug-likeness (QED) is 0.538. The maximum Gasteiger partial charge on any atom is 0.122 e. The summed E-state index contributed by atoms with van der Waals surface area (Å²) >= 11 is 0. The third kappa shape index (κ3) is 4.21. The molecule has 0 spiro atoms. The SMILES string of the molecule is C/C(N)=C(/C(=N)c1ccccc1)c1ccc(-c2ccc(S(N)=O)c(C)c2C)cc1. The van der Waals surface area contributed by atoms with Crippen LogP contribution >= 0.6 is 0 Å². The number of hydrogen-bond acceptors (Lipinski definition) is 3. The highest BCUT2D eigenvalue weighted by atomic mass is 32.2. The molecule has 0 saturated heterocycles. The number of nitrogens with two attached hydrogens (primary N) is 2. The van der Waals surface area contributed by atoms with E-state index in [2.05, 4.69) is 0 Å². The Balaban J connectivity index is 2.00. The Hall–Kier alpha value is -3.02. The van der Waals surface area contributed by atoms with E-state index in [0.29, 0.717) is 16.3 Å². The molecule has 0 aliphatic carbocycles. The van der Waals surface area contributed by atoms with E-state index in [4.69, 9.17) is 16.3 Å². The van der Waals surface area contributed by atoms with Gasteiger partial charge in [-0.3, -0.25) is 5.41 Å². The second-order valence-electron chi connectivity index (χ2n) is 7.04. The summed E-state index contributed by atoms with van der Waals surface area (Å²) in [5, 5.41) is 14.2. The fraction of sp³-hybridized carbons (Fsp3) is 0.125. The molecule has 0 bridgehead atoms. The number of nitrogens with one attached hydrogen (secondary N) is 1. The molecule has 29 heavy (non-hydrogen) atoms. The Morgan fingerprint density at radius 2 is 1.48 bits per heavy atom. The van der Waals surface area contributed by atoms with Crippen LogP contribution in [0.2, 0.25) is 0 Å². The van der Waals surface area contributed by atoms with Crippen molar-refractivity contribution in [3.8, 4) is 11.1 Å². The van der Waals surface area contributed by atoms with Gasteiger partial charge in [-0.25, -0.2) is 9.35 Å². The molecular weight excluding hydrogens is 378 g/mol. The van der Waals surface area contributed by atoms with Crippen molar-refractivity contribution in [1.29, 1.82) is 5.41 Å². The highest BCUT2D eigenvalue weighted by Crippen LogP contribution is 2.30. The van der Waals surface area contributed by atoms with Crippen molar-refractivity contribution in [2.75, 3.05) is 0 Å². The van der Waals surface area contributed by atoms with Crippen LogP contribution in [0.3, 0.4) is 0 Å². The molecule has 1 atom stereocenters. The lowest BCUT2D eigenvalue weighted by Crippen LogP contribution is -2.09. The van der Waals surface area contributed by atoms with Gasteiger partial charge in [-0.15, -0.1) is 0 Å². The molecule has 0 heterocycles. The van der Waals surface area contributed by atoms with Gasteiger partial charge in [-0.1, -0.05) is 60.7 Å². The fourth-order valence-electron chi connectivity index (χ4n) is 3.46. The zero-order valence-electron chi connectivity index (χ0n) is 16.8. The monoisotopic (exact) mass is 403 g/mol. The molecule has 0 aromatic heterocycles. The number of benzene rings is 3. The van der Waals surface area contributed by atoms with Gasteiger partial charge in [0, 0.05) is 16.8 Å². The zero-order chi connectivity index (χ0) is 21.1. The van der Waals surface area contributed by atoms with E-state index < -0.39 is 11.0 Å². The van der Waals surface area contributed by atoms with Crippen molar-refractivity contribution < 1.29 is 4.21 Å². The molecule has 0 saturated carbocycles. The van der Waals surface area contributed by atoms with Crippen molar-refractivity contribution in [3.63, 3.8) is 0 Å². The van der Waals surface area contributed by atoms with Crippen LogP contribution in [0.25, 0.3) is 16.7 Å². The Morgan fingerprint density at radius 3 is 2.03 bits per heavy atom. The second kappa shape index (κ2) is 8.55. The molecule has 0 radical (unpaired) electrons. The largest absolute Gasteiger partial charge is 0.402 e. The van der Waals surface area contributed by atoms with E-state index in [9.17, 15) is 4.21 Å². The highest BCUT2D eigenvalue weighted by molar-refractivity contribution is 7.82. The van der Waals surface area contributed by atoms with Gasteiger partial charge in [-0.2, -0.15) is 0 Å². The molecule has 0 aliphatic rings. The Morgan fingerprint density at radius 1 is 0.862 bits per heavy atom. The lowest BCUT2D eigenvalue weighted by molar-refractivity contribution is 0.684. The molecule has 1 unspecified atom stereocenters. The van der Waals surface area contributed by atoms with Crippen LogP contribution in [0.1, 0.15) is 29.2 Å². The first kappa shape index (κ1) is 20.7. The van der Waals surface area contributed by atoms with Crippen LogP contribution < -0.4 is 10.9 Å². The molecule has 0 aliphatic heterocycles. The molecule has 0 fully saturated rings. The van der Waals surface area contributed by atoms with Crippen molar-refractivity contribution in [1.82, 2.24) is 0 Å². The third-order valence-corrected chi connectivity index (χ3v) is 6.02. The summed E-state index contributed by atoms with van der Waals surface area (Å²) in [4.78, 5) is 0.656. The molecule has 3 aromatic carbocycles. The van der Waals surface area contributed by atoms with Crippen LogP contribution in [0.5, 0.6) is 0 Å². The van der Waals surface area contributed by atoms with E-state index in [1.165, 1.54) is 0 Å². The first-order chi connectivity index (χ1) is 13.8. The van der Waals surface area contributed by atoms with Crippen LogP contribution in [-0.2, 0) is 11.0 Å². The molecule has 5 N–H and O–H groups in total. The topological polar surface area (TPSA) is 93.0 Å². The van der Waals surface area contributed by atoms with Crippen molar-refractivity contribution in [3.05, 3.63) is 94.7 Å². The lowest BCUT2D eigenvalue weighted by atomic mass is 9.91. The van der Waals surface area contributed by atoms with Gasteiger partial charge >= 0.3 is 0 Å². The summed E-state index contributed by atoms with van der Waals surface area (Å²) in [6, 6.07) is 21.4. The average molecular weight is 404 g/mol. The number of allylic oxidation sites excluding steroid dienone is 2. The van der Waals surface area contributed by atoms with Gasteiger partial charge in [0.2, 0.25) is 0 Å². The summed E-state index contributed by atoms with van der Waals surface area (Å²) in [7, 11) is -1.50. The van der Waals surface area contributed by atoms with E-state index in [1.54, 1.807) is 0 Å². The van der Waals surface area contributed by atoms with Gasteiger partial charge < -0.3 is 5.73 Å². The van der Waals surface area contributed by atoms with Gasteiger partial charge in [0.15, 0.2) is 0 Å². The first-order valence-corrected chi connectivity index (χ1v) is 10.5. The minimum absolute atomic E-state index is 0.403. The third-order valence-electron chi connectivity index (χ3n) is 5.15. The van der Waals surface area contributed by atoms with Gasteiger partial charge in [-0.05, 0) is 54.7 Å². The normalized spacial score (nSPS) is 13.0. The van der Waals surface area contributed by atoms with E-state index in [0.717, 1.165) is 39.0 Å². The van der Waals surface area contributed by atoms with Crippen LogP contribution in [0.4, 0.5) is 0 Å². The summed E-state index contributed by atoms with van der Waals surface area (Å²) in [5.41, 5.74) is 13.7. The van der Waals surface area contributed by atoms with E-state index >= 15 is 0 Å². The Kier molecular flexibility index (Phi) is 6.11. The van der Waals surface area contributed by atoms with E-state index in [1.807, 2.05) is 87.5 Å². The predicted molar refractivity (Wildman–Crippen MR) is 122 cm³/mol. The van der Waals surface area contributed by atoms with Gasteiger partial charge in [0.05, 0.1) is 10.6 Å². The van der Waals surface area contributed by atoms with Crippen molar-refractivity contribution in [2.24, 2.45) is 10.9 Å². The molecule has 3 rings (SSSR count). The summed E-state index contributed by atoms with van der Waals surface area (Å²) in [6.07, 6.45) is 0. The lowest BCUT2D eigenvalue weighted by Gasteiger charge is -2.15. The van der Waals surface area contributed by atoms with Crippen LogP contribution in [0.15, 0.2) is 77.3 Å². The molecule has 3 aromatic rings. The summed E-state index contributed by atoms with van der Waals surface area (Å²) in [6.45, 7) is 5.77. The predicted octanol–water partition coefficient (Wildman–Crippen LogP) is 4.71. The van der Waals surface area contributed by atoms with Crippen molar-refractivity contribution in [2.45, 2.75) is 25.7 Å². The second-order valence-corrected chi connectivity index (χ2v) is 8.07. The Labute approximate surface area is 174 Å². The highest BCUT2D eigenvalue weighted by Gasteiger charge is 2.14. The Bertz CT molecular complexity index is 1110. The summed E-state index contributed by atoms with van der Waals surface area (Å²) in [5.74, 6) is 0. The molecular formula is C24H25N3OS. The smallest absolute Gasteiger partial charge is 0.122 e. The van der Waals surface area contributed by atoms with Gasteiger partial charge in [0.1, 0.15) is 11.0 Å². The number of rotatable bonds is 5. The van der Waals surface area contributed by atoms with Gasteiger partial charge in [0.25, 0.3) is 0 Å². The standard InChI is InChI=1S/C24H25N3OS/c1-15-16(2)22(29(27)28)14-13-21(15)18-9-11-19(12-10-18)23(17(3)25)24(26)20-7-5-4-6-8-20/h4-14,26H,25,27H2,1-3H3/b23-17-,26-24?. The molecule has 0 amide bonds. The van der Waals surface area contributed by atoms with E-state index in [-0.39, 0.29) is 0 Å². The minimum atomic E-state index is -1.50. The number of hydrogen-bond donors (Lipinski definition) is 3.